The van der Waals surface area contributed by atoms with Crippen molar-refractivity contribution in [2.24, 2.45) is 16.3 Å². The molecule has 5 nitrogen and oxygen atoms in total. The molecular formula is C22H35N3O2. The monoisotopic (exact) mass is 373 g/mol. The Morgan fingerprint density at radius 1 is 1.33 bits per heavy atom. The van der Waals surface area contributed by atoms with Gasteiger partial charge in [-0.15, -0.1) is 0 Å². The van der Waals surface area contributed by atoms with E-state index in [9.17, 15) is 0 Å². The van der Waals surface area contributed by atoms with Crippen LogP contribution in [0.15, 0.2) is 29.3 Å². The van der Waals surface area contributed by atoms with E-state index in [1.807, 2.05) is 12.1 Å². The highest BCUT2D eigenvalue weighted by atomic mass is 16.5. The summed E-state index contributed by atoms with van der Waals surface area (Å²) in [5.41, 5.74) is 1.49. The Labute approximate surface area is 163 Å². The molecule has 4 atom stereocenters. The van der Waals surface area contributed by atoms with Gasteiger partial charge in [0, 0.05) is 37.1 Å². The predicted molar refractivity (Wildman–Crippen MR) is 111 cm³/mol. The van der Waals surface area contributed by atoms with Gasteiger partial charge in [-0.2, -0.15) is 0 Å². The summed E-state index contributed by atoms with van der Waals surface area (Å²) in [6, 6.07) is 8.78. The van der Waals surface area contributed by atoms with Crippen molar-refractivity contribution >= 4 is 5.96 Å². The van der Waals surface area contributed by atoms with E-state index in [0.717, 1.165) is 44.2 Å². The van der Waals surface area contributed by atoms with Crippen LogP contribution in [0.5, 0.6) is 5.75 Å². The molecule has 4 unspecified atom stereocenters. The van der Waals surface area contributed by atoms with Crippen LogP contribution in [0, 0.1) is 11.3 Å². The summed E-state index contributed by atoms with van der Waals surface area (Å²) < 4.78 is 11.1. The summed E-state index contributed by atoms with van der Waals surface area (Å²) >= 11 is 0. The molecule has 2 aliphatic rings. The number of methoxy groups -OCH3 is 1. The third-order valence-corrected chi connectivity index (χ3v) is 6.25. The summed E-state index contributed by atoms with van der Waals surface area (Å²) in [7, 11) is 1.70. The van der Waals surface area contributed by atoms with Gasteiger partial charge in [0.15, 0.2) is 5.96 Å². The van der Waals surface area contributed by atoms with Gasteiger partial charge in [0.1, 0.15) is 5.75 Å². The van der Waals surface area contributed by atoms with E-state index in [0.29, 0.717) is 24.0 Å². The maximum Gasteiger partial charge on any atom is 0.191 e. The number of nitrogens with zero attached hydrogens (tertiary/aromatic N) is 1. The van der Waals surface area contributed by atoms with Gasteiger partial charge in [0.25, 0.3) is 0 Å². The van der Waals surface area contributed by atoms with Crippen molar-refractivity contribution in [1.29, 1.82) is 0 Å². The summed E-state index contributed by atoms with van der Waals surface area (Å²) in [5.74, 6) is 2.92. The topological polar surface area (TPSA) is 54.9 Å². The van der Waals surface area contributed by atoms with Crippen molar-refractivity contribution in [2.45, 2.75) is 58.6 Å². The van der Waals surface area contributed by atoms with Gasteiger partial charge in [0.05, 0.1) is 13.2 Å². The number of aliphatic imine (C=N–C) groups is 1. The van der Waals surface area contributed by atoms with Crippen molar-refractivity contribution in [3.63, 3.8) is 0 Å². The van der Waals surface area contributed by atoms with Crippen LogP contribution < -0.4 is 15.4 Å². The lowest BCUT2D eigenvalue weighted by Gasteiger charge is -2.54. The molecule has 1 aromatic carbocycles. The molecule has 1 aromatic rings. The average Bonchev–Trinajstić information content (AvgIpc) is 3.13. The van der Waals surface area contributed by atoms with Gasteiger partial charge >= 0.3 is 0 Å². The maximum absolute atomic E-state index is 5.91. The van der Waals surface area contributed by atoms with Crippen LogP contribution in [0.2, 0.25) is 0 Å². The molecule has 150 valence electrons. The second-order valence-corrected chi connectivity index (χ2v) is 8.41. The van der Waals surface area contributed by atoms with Gasteiger partial charge in [-0.3, -0.25) is 4.99 Å². The largest absolute Gasteiger partial charge is 0.497 e. The first kappa shape index (κ1) is 20.0. The highest BCUT2D eigenvalue weighted by molar-refractivity contribution is 5.80. The highest BCUT2D eigenvalue weighted by Crippen LogP contribution is 2.52. The third kappa shape index (κ3) is 4.23. The van der Waals surface area contributed by atoms with Gasteiger partial charge in [0.2, 0.25) is 0 Å². The SMILES string of the molecule is CCNC(=NCCC(C)c1ccc(OC)cc1)NC1C2CCOC2C1(C)C. The lowest BCUT2D eigenvalue weighted by Crippen LogP contribution is -2.67. The van der Waals surface area contributed by atoms with Crippen molar-refractivity contribution in [3.8, 4) is 5.75 Å². The average molecular weight is 374 g/mol. The minimum Gasteiger partial charge on any atom is -0.497 e. The Hall–Kier alpha value is -1.75. The van der Waals surface area contributed by atoms with E-state index < -0.39 is 0 Å². The molecule has 3 rings (SSSR count). The molecule has 0 amide bonds. The van der Waals surface area contributed by atoms with Gasteiger partial charge in [-0.05, 0) is 43.4 Å². The standard InChI is InChI=1S/C22H35N3O2/c1-6-23-21(25-19-18-12-14-27-20(18)22(19,3)4)24-13-11-15(2)16-7-9-17(26-5)10-8-16/h7-10,15,18-20H,6,11-14H2,1-5H3,(H2,23,24,25). The van der Waals surface area contributed by atoms with Crippen molar-refractivity contribution < 1.29 is 9.47 Å². The van der Waals surface area contributed by atoms with Crippen molar-refractivity contribution in [2.75, 3.05) is 26.8 Å². The van der Waals surface area contributed by atoms with E-state index in [1.54, 1.807) is 7.11 Å². The zero-order valence-electron chi connectivity index (χ0n) is 17.4. The fourth-order valence-corrected chi connectivity index (χ4v) is 4.55. The molecule has 1 aliphatic heterocycles. The first-order valence-corrected chi connectivity index (χ1v) is 10.3. The van der Waals surface area contributed by atoms with E-state index in [4.69, 9.17) is 14.5 Å². The van der Waals surface area contributed by atoms with Crippen LogP contribution in [0.25, 0.3) is 0 Å². The minimum absolute atomic E-state index is 0.160. The van der Waals surface area contributed by atoms with Crippen LogP contribution >= 0.6 is 0 Å². The highest BCUT2D eigenvalue weighted by Gasteiger charge is 2.59. The Balaban J connectivity index is 1.55. The lowest BCUT2D eigenvalue weighted by molar-refractivity contribution is -0.106. The second-order valence-electron chi connectivity index (χ2n) is 8.41. The Kier molecular flexibility index (Phi) is 6.30. The molecule has 0 spiro atoms. The number of benzene rings is 1. The lowest BCUT2D eigenvalue weighted by atomic mass is 9.57. The number of hydrogen-bond acceptors (Lipinski definition) is 3. The zero-order chi connectivity index (χ0) is 19.4. The fraction of sp³-hybridized carbons (Fsp3) is 0.682. The predicted octanol–water partition coefficient (Wildman–Crippen LogP) is 3.56. The molecule has 1 heterocycles. The number of guanidine groups is 1. The molecule has 0 bridgehead atoms. The number of fused-ring (bicyclic) bond motifs is 1. The zero-order valence-corrected chi connectivity index (χ0v) is 17.4. The number of hydrogen-bond donors (Lipinski definition) is 2. The molecule has 0 radical (unpaired) electrons. The maximum atomic E-state index is 5.91. The molecule has 0 aromatic heterocycles. The molecule has 1 saturated heterocycles. The molecule has 27 heavy (non-hydrogen) atoms. The molecule has 1 aliphatic carbocycles. The van der Waals surface area contributed by atoms with Crippen LogP contribution in [0.3, 0.4) is 0 Å². The van der Waals surface area contributed by atoms with Gasteiger partial charge in [-0.1, -0.05) is 32.9 Å². The Morgan fingerprint density at radius 3 is 2.74 bits per heavy atom. The summed E-state index contributed by atoms with van der Waals surface area (Å²) in [6.07, 6.45) is 2.57. The van der Waals surface area contributed by atoms with Crippen molar-refractivity contribution in [3.05, 3.63) is 29.8 Å². The van der Waals surface area contributed by atoms with E-state index in [-0.39, 0.29) is 5.41 Å². The third-order valence-electron chi connectivity index (χ3n) is 6.25. The molecule has 1 saturated carbocycles. The first-order valence-electron chi connectivity index (χ1n) is 10.3. The number of ether oxygens (including phenoxy) is 2. The quantitative estimate of drug-likeness (QED) is 0.567. The van der Waals surface area contributed by atoms with Gasteiger partial charge < -0.3 is 20.1 Å². The van der Waals surface area contributed by atoms with E-state index >= 15 is 0 Å². The van der Waals surface area contributed by atoms with Crippen LogP contribution in [-0.2, 0) is 4.74 Å². The second kappa shape index (κ2) is 8.51. The Morgan fingerprint density at radius 2 is 2.07 bits per heavy atom. The van der Waals surface area contributed by atoms with E-state index in [1.165, 1.54) is 5.56 Å². The first-order chi connectivity index (χ1) is 13.0. The molecule has 2 fully saturated rings. The number of rotatable bonds is 7. The smallest absolute Gasteiger partial charge is 0.191 e. The van der Waals surface area contributed by atoms with Crippen molar-refractivity contribution in [1.82, 2.24) is 10.6 Å². The summed E-state index contributed by atoms with van der Waals surface area (Å²) in [5, 5.41) is 7.10. The molecule has 5 heteroatoms. The van der Waals surface area contributed by atoms with Crippen LogP contribution in [0.4, 0.5) is 0 Å². The number of nitrogens with one attached hydrogen (secondary N) is 2. The minimum atomic E-state index is 0.160. The van der Waals surface area contributed by atoms with Crippen LogP contribution in [-0.4, -0.2) is 44.9 Å². The van der Waals surface area contributed by atoms with E-state index in [2.05, 4.69) is 50.5 Å². The summed E-state index contributed by atoms with van der Waals surface area (Å²) in [6.45, 7) is 11.5. The van der Waals surface area contributed by atoms with Gasteiger partial charge in [-0.25, -0.2) is 0 Å². The molecular weight excluding hydrogens is 338 g/mol. The Bertz CT molecular complexity index is 641. The van der Waals surface area contributed by atoms with Crippen LogP contribution in [0.1, 0.15) is 52.0 Å². The molecule has 2 N–H and O–H groups in total. The normalized spacial score (nSPS) is 27.4. The fourth-order valence-electron chi connectivity index (χ4n) is 4.55. The summed E-state index contributed by atoms with van der Waals surface area (Å²) in [4.78, 5) is 4.84.